The lowest BCUT2D eigenvalue weighted by Gasteiger charge is -2.31. The van der Waals surface area contributed by atoms with Crippen molar-refractivity contribution in [2.75, 3.05) is 26.3 Å². The number of aromatic nitrogens is 3. The molecule has 1 saturated heterocycles. The Bertz CT molecular complexity index is 1020. The largest absolute Gasteiger partial charge is 0.493 e. The third-order valence-corrected chi connectivity index (χ3v) is 5.15. The van der Waals surface area contributed by atoms with Gasteiger partial charge in [0.1, 0.15) is 11.4 Å². The Morgan fingerprint density at radius 3 is 2.97 bits per heavy atom. The number of pyridine rings is 1. The molecule has 0 N–H and O–H groups in total. The molecular formula is C23H26N4O4. The molecule has 3 aromatic rings. The molecule has 1 fully saturated rings. The van der Waals surface area contributed by atoms with Gasteiger partial charge in [0.2, 0.25) is 11.7 Å². The number of carbonyl (C=O) groups excluding carboxylic acids is 1. The molecule has 0 spiro atoms. The molecule has 1 atom stereocenters. The normalized spacial score (nSPS) is 16.3. The van der Waals surface area contributed by atoms with Gasteiger partial charge in [-0.15, -0.1) is 0 Å². The molecule has 0 bridgehead atoms. The zero-order chi connectivity index (χ0) is 21.6. The average molecular weight is 422 g/mol. The molecule has 31 heavy (non-hydrogen) atoms. The molecule has 1 aromatic carbocycles. The summed E-state index contributed by atoms with van der Waals surface area (Å²) in [6, 6.07) is 11.6. The molecule has 0 saturated carbocycles. The van der Waals surface area contributed by atoms with E-state index in [1.165, 1.54) is 5.56 Å². The van der Waals surface area contributed by atoms with Crippen LogP contribution >= 0.6 is 0 Å². The number of morpholine rings is 1. The molecule has 8 nitrogen and oxygen atoms in total. The van der Waals surface area contributed by atoms with Crippen molar-refractivity contribution in [2.24, 2.45) is 0 Å². The van der Waals surface area contributed by atoms with Crippen molar-refractivity contribution in [3.05, 3.63) is 59.6 Å². The predicted octanol–water partition coefficient (Wildman–Crippen LogP) is 3.51. The van der Waals surface area contributed by atoms with E-state index in [1.807, 2.05) is 37.3 Å². The van der Waals surface area contributed by atoms with Crippen LogP contribution in [0, 0.1) is 13.8 Å². The van der Waals surface area contributed by atoms with E-state index in [1.54, 1.807) is 11.1 Å². The summed E-state index contributed by atoms with van der Waals surface area (Å²) >= 11 is 0. The van der Waals surface area contributed by atoms with Crippen molar-refractivity contribution in [1.29, 1.82) is 0 Å². The van der Waals surface area contributed by atoms with Crippen molar-refractivity contribution in [3.63, 3.8) is 0 Å². The number of aryl methyl sites for hydroxylation is 2. The summed E-state index contributed by atoms with van der Waals surface area (Å²) in [6.45, 7) is 5.95. The Balaban J connectivity index is 1.27. The molecule has 0 unspecified atom stereocenters. The Morgan fingerprint density at radius 1 is 1.26 bits per heavy atom. The van der Waals surface area contributed by atoms with Gasteiger partial charge >= 0.3 is 0 Å². The summed E-state index contributed by atoms with van der Waals surface area (Å²) in [5.41, 5.74) is 2.94. The quantitative estimate of drug-likeness (QED) is 0.538. The smallest absolute Gasteiger partial charge is 0.257 e. The molecule has 3 heterocycles. The summed E-state index contributed by atoms with van der Waals surface area (Å²) in [7, 11) is 0. The fourth-order valence-electron chi connectivity index (χ4n) is 3.52. The van der Waals surface area contributed by atoms with Gasteiger partial charge in [0.05, 0.1) is 19.8 Å². The van der Waals surface area contributed by atoms with Crippen molar-refractivity contribution < 1.29 is 18.8 Å². The van der Waals surface area contributed by atoms with Crippen LogP contribution < -0.4 is 4.74 Å². The Kier molecular flexibility index (Phi) is 6.57. The highest BCUT2D eigenvalue weighted by Gasteiger charge is 2.29. The third-order valence-electron chi connectivity index (χ3n) is 5.15. The number of hydrogen-bond donors (Lipinski definition) is 0. The van der Waals surface area contributed by atoms with Crippen LogP contribution in [0.4, 0.5) is 0 Å². The molecule has 2 aromatic heterocycles. The molecule has 4 rings (SSSR count). The second-order valence-corrected chi connectivity index (χ2v) is 7.59. The number of hydrogen-bond acceptors (Lipinski definition) is 7. The van der Waals surface area contributed by atoms with E-state index in [0.717, 1.165) is 11.3 Å². The standard InChI is InChI=1S/C23H26N4O4/c1-16-8-9-19(17(2)14-16)29-12-5-7-21(28)27-11-13-30-20(15-27)23-25-22(26-31-23)18-6-3-4-10-24-18/h3-4,6,8-10,14,20H,5,7,11-13,15H2,1-2H3/t20-/m0/s1. The number of nitrogens with zero attached hydrogens (tertiary/aromatic N) is 4. The minimum atomic E-state index is -0.436. The van der Waals surface area contributed by atoms with Crippen molar-refractivity contribution >= 4 is 5.91 Å². The lowest BCUT2D eigenvalue weighted by molar-refractivity contribution is -0.140. The predicted molar refractivity (Wildman–Crippen MR) is 113 cm³/mol. The van der Waals surface area contributed by atoms with Gasteiger partial charge in [0.25, 0.3) is 5.89 Å². The molecule has 1 amide bonds. The SMILES string of the molecule is Cc1ccc(OCCCC(=O)N2CCO[C@H](c3nc(-c4ccccn4)no3)C2)c(C)c1. The molecule has 1 aliphatic rings. The van der Waals surface area contributed by atoms with E-state index in [-0.39, 0.29) is 5.91 Å². The van der Waals surface area contributed by atoms with Crippen LogP contribution in [0.15, 0.2) is 47.1 Å². The van der Waals surface area contributed by atoms with Crippen LogP contribution in [0.25, 0.3) is 11.5 Å². The zero-order valence-corrected chi connectivity index (χ0v) is 17.8. The molecular weight excluding hydrogens is 396 g/mol. The maximum Gasteiger partial charge on any atom is 0.257 e. The van der Waals surface area contributed by atoms with E-state index in [0.29, 0.717) is 56.6 Å². The van der Waals surface area contributed by atoms with Crippen LogP contribution in [0.1, 0.15) is 36.0 Å². The first-order chi connectivity index (χ1) is 15.1. The van der Waals surface area contributed by atoms with Crippen molar-refractivity contribution in [1.82, 2.24) is 20.0 Å². The van der Waals surface area contributed by atoms with Crippen LogP contribution in [0.3, 0.4) is 0 Å². The van der Waals surface area contributed by atoms with Gasteiger partial charge in [-0.1, -0.05) is 28.9 Å². The molecule has 162 valence electrons. The van der Waals surface area contributed by atoms with E-state index < -0.39 is 6.10 Å². The number of amides is 1. The van der Waals surface area contributed by atoms with Gasteiger partial charge in [0.15, 0.2) is 6.10 Å². The average Bonchev–Trinajstić information content (AvgIpc) is 3.29. The first-order valence-corrected chi connectivity index (χ1v) is 10.4. The summed E-state index contributed by atoms with van der Waals surface area (Å²) in [5.74, 6) is 1.70. The maximum atomic E-state index is 12.7. The van der Waals surface area contributed by atoms with Crippen molar-refractivity contribution in [3.8, 4) is 17.3 Å². The Labute approximate surface area is 181 Å². The van der Waals surface area contributed by atoms with Gasteiger partial charge in [0, 0.05) is 19.2 Å². The van der Waals surface area contributed by atoms with Gasteiger partial charge in [-0.05, 0) is 44.0 Å². The van der Waals surface area contributed by atoms with Gasteiger partial charge in [-0.3, -0.25) is 9.78 Å². The number of carbonyl (C=O) groups is 1. The fourth-order valence-corrected chi connectivity index (χ4v) is 3.52. The molecule has 1 aliphatic heterocycles. The fraction of sp³-hybridized carbons (Fsp3) is 0.391. The summed E-state index contributed by atoms with van der Waals surface area (Å²) in [5, 5.41) is 3.98. The molecule has 8 heteroatoms. The van der Waals surface area contributed by atoms with Gasteiger partial charge in [-0.2, -0.15) is 4.98 Å². The number of ether oxygens (including phenoxy) is 2. The van der Waals surface area contributed by atoms with Crippen molar-refractivity contribution in [2.45, 2.75) is 32.8 Å². The second kappa shape index (κ2) is 9.70. The highest BCUT2D eigenvalue weighted by atomic mass is 16.5. The highest BCUT2D eigenvalue weighted by Crippen LogP contribution is 2.24. The van der Waals surface area contributed by atoms with Crippen LogP contribution in [-0.4, -0.2) is 52.2 Å². The molecule has 0 radical (unpaired) electrons. The van der Waals surface area contributed by atoms with Crippen LogP contribution in [-0.2, 0) is 9.53 Å². The second-order valence-electron chi connectivity index (χ2n) is 7.59. The minimum absolute atomic E-state index is 0.0713. The monoisotopic (exact) mass is 422 g/mol. The first kappa shape index (κ1) is 21.0. The van der Waals surface area contributed by atoms with E-state index >= 15 is 0 Å². The van der Waals surface area contributed by atoms with Gasteiger partial charge in [-0.25, -0.2) is 0 Å². The lowest BCUT2D eigenvalue weighted by atomic mass is 10.1. The summed E-state index contributed by atoms with van der Waals surface area (Å²) in [6.07, 6.45) is 2.31. The van der Waals surface area contributed by atoms with Crippen LogP contribution in [0.5, 0.6) is 5.75 Å². The Hall–Kier alpha value is -3.26. The highest BCUT2D eigenvalue weighted by molar-refractivity contribution is 5.76. The lowest BCUT2D eigenvalue weighted by Crippen LogP contribution is -2.42. The minimum Gasteiger partial charge on any atom is -0.493 e. The summed E-state index contributed by atoms with van der Waals surface area (Å²) in [4.78, 5) is 23.1. The third kappa shape index (κ3) is 5.27. The first-order valence-electron chi connectivity index (χ1n) is 10.4. The Morgan fingerprint density at radius 2 is 2.16 bits per heavy atom. The topological polar surface area (TPSA) is 90.6 Å². The number of benzene rings is 1. The zero-order valence-electron chi connectivity index (χ0n) is 17.8. The molecule has 0 aliphatic carbocycles. The van der Waals surface area contributed by atoms with E-state index in [4.69, 9.17) is 14.0 Å². The van der Waals surface area contributed by atoms with Crippen LogP contribution in [0.2, 0.25) is 0 Å². The van der Waals surface area contributed by atoms with Gasteiger partial charge < -0.3 is 18.9 Å². The summed E-state index contributed by atoms with van der Waals surface area (Å²) < 4.78 is 17.0. The van der Waals surface area contributed by atoms with E-state index in [2.05, 4.69) is 28.1 Å². The maximum absolute atomic E-state index is 12.7. The number of rotatable bonds is 7. The van der Waals surface area contributed by atoms with E-state index in [9.17, 15) is 4.79 Å².